The second kappa shape index (κ2) is 4.81. The average Bonchev–Trinajstić information content (AvgIpc) is 1.85. The molecule has 0 amide bonds. The van der Waals surface area contributed by atoms with E-state index in [0.29, 0.717) is 0 Å². The van der Waals surface area contributed by atoms with Gasteiger partial charge >= 0.3 is 40.1 Å². The normalized spacial score (nSPS) is 17.5. The quantitative estimate of drug-likeness (QED) is 0.350. The summed E-state index contributed by atoms with van der Waals surface area (Å²) in [6, 6.07) is 0. The largest absolute Gasteiger partial charge is 1.00 e. The van der Waals surface area contributed by atoms with Crippen LogP contribution >= 0.6 is 23.2 Å². The Hall–Kier alpha value is 1.19. The Labute approximate surface area is 102 Å². The SMILES string of the molecule is [Na+].[O-]CC(F)(F)C(F)(Cl)C(F)(F)Cl. The molecule has 0 radical (unpaired) electrons. The van der Waals surface area contributed by atoms with Crippen LogP contribution in [0.25, 0.3) is 0 Å². The minimum Gasteiger partial charge on any atom is -0.850 e. The molecule has 1 atom stereocenters. The van der Waals surface area contributed by atoms with Gasteiger partial charge in [0.1, 0.15) is 0 Å². The van der Waals surface area contributed by atoms with Gasteiger partial charge in [0.2, 0.25) is 0 Å². The predicted octanol–water partition coefficient (Wildman–Crippen LogP) is -1.28. The maximum absolute atomic E-state index is 12.3. The van der Waals surface area contributed by atoms with Crippen LogP contribution in [0.4, 0.5) is 22.0 Å². The summed E-state index contributed by atoms with van der Waals surface area (Å²) in [5.74, 6) is -4.92. The third-order valence-corrected chi connectivity index (χ3v) is 1.87. The Bertz CT molecular complexity index is 170. The summed E-state index contributed by atoms with van der Waals surface area (Å²) in [6.45, 7) is -2.41. The van der Waals surface area contributed by atoms with Crippen LogP contribution < -0.4 is 34.7 Å². The molecule has 0 bridgehead atoms. The summed E-state index contributed by atoms with van der Waals surface area (Å²) in [5, 5.41) is -0.277. The van der Waals surface area contributed by atoms with E-state index < -0.39 is 23.0 Å². The summed E-state index contributed by atoms with van der Waals surface area (Å²) in [5.41, 5.74) is 0. The van der Waals surface area contributed by atoms with Crippen molar-refractivity contribution in [2.45, 2.75) is 16.4 Å². The second-order valence-electron chi connectivity index (χ2n) is 1.92. The molecule has 0 rings (SSSR count). The van der Waals surface area contributed by atoms with Gasteiger partial charge in [0.25, 0.3) is 5.92 Å². The van der Waals surface area contributed by atoms with Crippen LogP contribution in [0, 0.1) is 0 Å². The van der Waals surface area contributed by atoms with Gasteiger partial charge in [-0.25, -0.2) is 13.2 Å². The van der Waals surface area contributed by atoms with Crippen LogP contribution in [0.2, 0.25) is 0 Å². The van der Waals surface area contributed by atoms with Crippen molar-refractivity contribution in [2.75, 3.05) is 6.61 Å². The maximum atomic E-state index is 12.3. The first-order valence-corrected chi connectivity index (χ1v) is 3.22. The molecule has 0 saturated heterocycles. The summed E-state index contributed by atoms with van der Waals surface area (Å²) < 4.78 is 60.0. The minimum absolute atomic E-state index is 0. The molecule has 0 aliphatic heterocycles. The van der Waals surface area contributed by atoms with E-state index >= 15 is 0 Å². The number of hydrogen-bond acceptors (Lipinski definition) is 1. The molecule has 74 valence electrons. The monoisotopic (exact) mass is 254 g/mol. The first-order valence-electron chi connectivity index (χ1n) is 2.47. The molecular weight excluding hydrogens is 253 g/mol. The van der Waals surface area contributed by atoms with Crippen molar-refractivity contribution in [3.8, 4) is 0 Å². The Kier molecular flexibility index (Phi) is 6.14. The van der Waals surface area contributed by atoms with E-state index in [2.05, 4.69) is 23.2 Å². The Balaban J connectivity index is 0. The molecule has 1 nitrogen and oxygen atoms in total. The van der Waals surface area contributed by atoms with Gasteiger partial charge < -0.3 is 5.11 Å². The zero-order valence-corrected chi connectivity index (χ0v) is 9.77. The first kappa shape index (κ1) is 16.6. The summed E-state index contributed by atoms with van der Waals surface area (Å²) in [6.07, 6.45) is 0. The van der Waals surface area contributed by atoms with E-state index in [1.807, 2.05) is 0 Å². The number of alkyl halides is 7. The second-order valence-corrected chi connectivity index (χ2v) is 2.92. The van der Waals surface area contributed by atoms with Crippen molar-refractivity contribution in [1.82, 2.24) is 0 Å². The Morgan fingerprint density at radius 2 is 1.31 bits per heavy atom. The predicted molar refractivity (Wildman–Crippen MR) is 30.3 cm³/mol. The third-order valence-electron chi connectivity index (χ3n) is 0.997. The van der Waals surface area contributed by atoms with E-state index in [0.717, 1.165) is 0 Å². The van der Waals surface area contributed by atoms with Crippen molar-refractivity contribution >= 4 is 23.2 Å². The molecule has 0 saturated carbocycles. The van der Waals surface area contributed by atoms with E-state index in [-0.39, 0.29) is 29.6 Å². The van der Waals surface area contributed by atoms with Crippen LogP contribution in [-0.2, 0) is 0 Å². The molecule has 0 aromatic heterocycles. The third kappa shape index (κ3) is 3.35. The van der Waals surface area contributed by atoms with Gasteiger partial charge in [0, 0.05) is 0 Å². The number of hydrogen-bond donors (Lipinski definition) is 0. The average molecular weight is 255 g/mol. The molecule has 13 heavy (non-hydrogen) atoms. The first-order chi connectivity index (χ1) is 5.06. The molecule has 0 aliphatic carbocycles. The van der Waals surface area contributed by atoms with Gasteiger partial charge in [-0.15, -0.1) is 0 Å². The molecule has 9 heteroatoms. The zero-order chi connectivity index (χ0) is 10.2. The molecule has 0 heterocycles. The molecule has 0 spiro atoms. The minimum atomic E-state index is -5.00. The standard InChI is InChI=1S/C4H2Cl2F5O.Na/c5-3(9,4(6,10)11)2(7,8)1-12;/h1H2;/q-1;+1. The van der Waals surface area contributed by atoms with Gasteiger partial charge in [-0.1, -0.05) is 18.2 Å². The van der Waals surface area contributed by atoms with Crippen LogP contribution in [-0.4, -0.2) is 23.0 Å². The topological polar surface area (TPSA) is 23.1 Å². The van der Waals surface area contributed by atoms with Gasteiger partial charge in [0.15, 0.2) is 0 Å². The van der Waals surface area contributed by atoms with Gasteiger partial charge in [-0.2, -0.15) is 8.78 Å². The van der Waals surface area contributed by atoms with Crippen LogP contribution in [0.1, 0.15) is 0 Å². The van der Waals surface area contributed by atoms with E-state index in [4.69, 9.17) is 0 Å². The van der Waals surface area contributed by atoms with Crippen molar-refractivity contribution in [1.29, 1.82) is 0 Å². The zero-order valence-electron chi connectivity index (χ0n) is 6.26. The van der Waals surface area contributed by atoms with Crippen molar-refractivity contribution in [2.24, 2.45) is 0 Å². The van der Waals surface area contributed by atoms with E-state index in [1.54, 1.807) is 0 Å². The molecule has 0 aromatic rings. The van der Waals surface area contributed by atoms with Crippen molar-refractivity contribution in [3.63, 3.8) is 0 Å². The fraction of sp³-hybridized carbons (Fsp3) is 1.00. The number of halogens is 7. The smallest absolute Gasteiger partial charge is 0.850 e. The van der Waals surface area contributed by atoms with Gasteiger partial charge in [-0.05, 0) is 11.6 Å². The van der Waals surface area contributed by atoms with E-state index in [9.17, 15) is 27.1 Å². The van der Waals surface area contributed by atoms with Crippen molar-refractivity contribution < 1.29 is 56.6 Å². The van der Waals surface area contributed by atoms with Crippen LogP contribution in [0.5, 0.6) is 0 Å². The summed E-state index contributed by atoms with van der Waals surface area (Å²) >= 11 is 8.03. The summed E-state index contributed by atoms with van der Waals surface area (Å²) in [7, 11) is 0. The van der Waals surface area contributed by atoms with Gasteiger partial charge in [-0.3, -0.25) is 0 Å². The number of rotatable bonds is 3. The Morgan fingerprint density at radius 3 is 1.38 bits per heavy atom. The van der Waals surface area contributed by atoms with E-state index in [1.165, 1.54) is 0 Å². The van der Waals surface area contributed by atoms with Crippen LogP contribution in [0.3, 0.4) is 0 Å². The molecule has 1 unspecified atom stereocenters. The van der Waals surface area contributed by atoms with Crippen LogP contribution in [0.15, 0.2) is 0 Å². The van der Waals surface area contributed by atoms with Crippen molar-refractivity contribution in [3.05, 3.63) is 0 Å². The fourth-order valence-corrected chi connectivity index (χ4v) is 0.491. The molecule has 0 aromatic carbocycles. The molecule has 0 fully saturated rings. The van der Waals surface area contributed by atoms with Gasteiger partial charge in [0.05, 0.1) is 0 Å². The maximum Gasteiger partial charge on any atom is 1.00 e. The fourth-order valence-electron chi connectivity index (χ4n) is 0.298. The molecule has 0 aliphatic rings. The Morgan fingerprint density at radius 1 is 1.00 bits per heavy atom. The molecular formula is C4H2Cl2F5NaO. The summed E-state index contributed by atoms with van der Waals surface area (Å²) in [4.78, 5) is 0. The molecule has 0 N–H and O–H groups in total.